The summed E-state index contributed by atoms with van der Waals surface area (Å²) >= 11 is 5.60. The van der Waals surface area contributed by atoms with Crippen LogP contribution < -0.4 is 0 Å². The molecule has 2 radical (unpaired) electrons. The summed E-state index contributed by atoms with van der Waals surface area (Å²) < 4.78 is 0. The lowest BCUT2D eigenvalue weighted by atomic mass is 10.1. The molecule has 1 rings (SSSR count). The topological polar surface area (TPSA) is 0 Å². The zero-order valence-electron chi connectivity index (χ0n) is 7.80. The van der Waals surface area contributed by atoms with Gasteiger partial charge in [-0.2, -0.15) is 0 Å². The fourth-order valence-corrected chi connectivity index (χ4v) is 2.47. The summed E-state index contributed by atoms with van der Waals surface area (Å²) in [5, 5.41) is 0. The number of halogens is 1. The third kappa shape index (κ3) is 5.12. The van der Waals surface area contributed by atoms with Gasteiger partial charge in [-0.15, -0.1) is 11.6 Å². The lowest BCUT2D eigenvalue weighted by Gasteiger charge is -1.99. The molecule has 0 nitrogen and oxygen atoms in total. The number of rotatable bonds is 6. The predicted molar refractivity (Wildman–Crippen MR) is 60.9 cm³/mol. The maximum absolute atomic E-state index is 5.60. The van der Waals surface area contributed by atoms with Gasteiger partial charge in [0.25, 0.3) is 0 Å². The monoisotopic (exact) mass is 210 g/mol. The SMILES string of the molecule is ClCC[Si]CCCc1ccccc1. The van der Waals surface area contributed by atoms with Crippen LogP contribution in [0.4, 0.5) is 0 Å². The molecule has 2 heteroatoms. The molecule has 0 bridgehead atoms. The zero-order chi connectivity index (χ0) is 9.36. The standard InChI is InChI=1S/C11H15ClSi/c12-8-10-13-9-4-7-11-5-2-1-3-6-11/h1-3,5-6H,4,7-10H2. The second-order valence-corrected chi connectivity index (χ2v) is 4.91. The average Bonchev–Trinajstić information content (AvgIpc) is 2.19. The van der Waals surface area contributed by atoms with E-state index in [1.54, 1.807) is 0 Å². The van der Waals surface area contributed by atoms with E-state index in [0.29, 0.717) is 0 Å². The molecule has 0 amide bonds. The fourth-order valence-electron chi connectivity index (χ4n) is 1.25. The van der Waals surface area contributed by atoms with E-state index < -0.39 is 0 Å². The molecule has 1 aromatic carbocycles. The number of hydrogen-bond donors (Lipinski definition) is 0. The molecule has 0 aromatic heterocycles. The van der Waals surface area contributed by atoms with E-state index in [0.717, 1.165) is 15.4 Å². The lowest BCUT2D eigenvalue weighted by Crippen LogP contribution is -1.92. The third-order valence-corrected chi connectivity index (χ3v) is 3.75. The highest BCUT2D eigenvalue weighted by Gasteiger charge is 1.92. The Morgan fingerprint density at radius 1 is 1.08 bits per heavy atom. The fraction of sp³-hybridized carbons (Fsp3) is 0.455. The third-order valence-electron chi connectivity index (χ3n) is 1.93. The van der Waals surface area contributed by atoms with Gasteiger partial charge in [0.15, 0.2) is 0 Å². The van der Waals surface area contributed by atoms with Gasteiger partial charge in [-0.1, -0.05) is 42.8 Å². The van der Waals surface area contributed by atoms with Gasteiger partial charge in [0.1, 0.15) is 0 Å². The maximum atomic E-state index is 5.60. The molecule has 0 saturated carbocycles. The first-order chi connectivity index (χ1) is 6.43. The van der Waals surface area contributed by atoms with E-state index in [1.807, 2.05) is 0 Å². The van der Waals surface area contributed by atoms with Crippen molar-refractivity contribution >= 4 is 21.1 Å². The van der Waals surface area contributed by atoms with E-state index in [4.69, 9.17) is 11.6 Å². The van der Waals surface area contributed by atoms with Crippen molar-refractivity contribution in [2.75, 3.05) is 5.88 Å². The van der Waals surface area contributed by atoms with Gasteiger partial charge in [-0.3, -0.25) is 0 Å². The second kappa shape index (κ2) is 7.16. The maximum Gasteiger partial charge on any atom is 0.0390 e. The quantitative estimate of drug-likeness (QED) is 0.384. The average molecular weight is 211 g/mol. The van der Waals surface area contributed by atoms with Crippen molar-refractivity contribution in [3.05, 3.63) is 35.9 Å². The largest absolute Gasteiger partial charge is 0.127 e. The Balaban J connectivity index is 2.07. The minimum atomic E-state index is 0.823. The highest BCUT2D eigenvalue weighted by molar-refractivity contribution is 6.37. The molecule has 0 heterocycles. The molecule has 0 N–H and O–H groups in total. The van der Waals surface area contributed by atoms with Gasteiger partial charge in [-0.25, -0.2) is 0 Å². The van der Waals surface area contributed by atoms with Crippen LogP contribution in [0.1, 0.15) is 12.0 Å². The van der Waals surface area contributed by atoms with Crippen LogP contribution in [0.25, 0.3) is 0 Å². The van der Waals surface area contributed by atoms with Gasteiger partial charge in [0.2, 0.25) is 0 Å². The lowest BCUT2D eigenvalue weighted by molar-refractivity contribution is 0.912. The van der Waals surface area contributed by atoms with Crippen LogP contribution in [0.5, 0.6) is 0 Å². The molecule has 70 valence electrons. The molecule has 0 saturated heterocycles. The second-order valence-electron chi connectivity index (χ2n) is 3.03. The molecular formula is C11H15ClSi. The van der Waals surface area contributed by atoms with Crippen molar-refractivity contribution < 1.29 is 0 Å². The Kier molecular flexibility index (Phi) is 5.95. The Morgan fingerprint density at radius 2 is 1.85 bits per heavy atom. The number of alkyl halides is 1. The molecule has 0 atom stereocenters. The summed E-state index contributed by atoms with van der Waals surface area (Å²) in [5.74, 6) is 0.823. The van der Waals surface area contributed by atoms with Gasteiger partial charge in [-0.05, 0) is 18.0 Å². The van der Waals surface area contributed by atoms with Crippen LogP contribution in [-0.2, 0) is 6.42 Å². The van der Waals surface area contributed by atoms with Crippen LogP contribution in [0, 0.1) is 0 Å². The minimum Gasteiger partial charge on any atom is -0.127 e. The summed E-state index contributed by atoms with van der Waals surface area (Å²) in [5.41, 5.74) is 1.46. The van der Waals surface area contributed by atoms with Gasteiger partial charge in [0, 0.05) is 15.4 Å². The number of aryl methyl sites for hydroxylation is 1. The van der Waals surface area contributed by atoms with Crippen LogP contribution >= 0.6 is 11.6 Å². The summed E-state index contributed by atoms with van der Waals surface area (Å²) in [6.45, 7) is 0. The Labute approximate surface area is 88.1 Å². The smallest absolute Gasteiger partial charge is 0.0390 e. The van der Waals surface area contributed by atoms with Crippen molar-refractivity contribution in [3.8, 4) is 0 Å². The first kappa shape index (κ1) is 10.8. The van der Waals surface area contributed by atoms with E-state index in [9.17, 15) is 0 Å². The predicted octanol–water partition coefficient (Wildman–Crippen LogP) is 3.40. The Hall–Kier alpha value is -0.273. The van der Waals surface area contributed by atoms with Crippen LogP contribution in [-0.4, -0.2) is 15.4 Å². The molecule has 0 aliphatic heterocycles. The van der Waals surface area contributed by atoms with Gasteiger partial charge in [0.05, 0.1) is 0 Å². The first-order valence-corrected chi connectivity index (χ1v) is 6.69. The molecule has 0 fully saturated rings. The molecule has 0 spiro atoms. The summed E-state index contributed by atoms with van der Waals surface area (Å²) in [6.07, 6.45) is 2.52. The van der Waals surface area contributed by atoms with Crippen molar-refractivity contribution in [2.24, 2.45) is 0 Å². The van der Waals surface area contributed by atoms with E-state index in [1.165, 1.54) is 30.5 Å². The highest BCUT2D eigenvalue weighted by atomic mass is 35.5. The molecule has 13 heavy (non-hydrogen) atoms. The summed E-state index contributed by atoms with van der Waals surface area (Å²) in [7, 11) is 1.05. The van der Waals surface area contributed by atoms with Gasteiger partial charge >= 0.3 is 0 Å². The number of benzene rings is 1. The van der Waals surface area contributed by atoms with Crippen LogP contribution in [0.2, 0.25) is 12.1 Å². The van der Waals surface area contributed by atoms with Crippen molar-refractivity contribution in [1.29, 1.82) is 0 Å². The van der Waals surface area contributed by atoms with Crippen molar-refractivity contribution in [2.45, 2.75) is 24.9 Å². The molecular weight excluding hydrogens is 196 g/mol. The normalized spacial score (nSPS) is 10.2. The molecule has 0 unspecified atom stereocenters. The van der Waals surface area contributed by atoms with E-state index in [2.05, 4.69) is 30.3 Å². The van der Waals surface area contributed by atoms with Crippen LogP contribution in [0.3, 0.4) is 0 Å². The van der Waals surface area contributed by atoms with Crippen molar-refractivity contribution in [3.63, 3.8) is 0 Å². The Bertz CT molecular complexity index is 211. The van der Waals surface area contributed by atoms with E-state index in [-0.39, 0.29) is 0 Å². The van der Waals surface area contributed by atoms with Crippen molar-refractivity contribution in [1.82, 2.24) is 0 Å². The molecule has 0 aliphatic rings. The van der Waals surface area contributed by atoms with Crippen LogP contribution in [0.15, 0.2) is 30.3 Å². The highest BCUT2D eigenvalue weighted by Crippen LogP contribution is 2.05. The summed E-state index contributed by atoms with van der Waals surface area (Å²) in [4.78, 5) is 0. The molecule has 0 aliphatic carbocycles. The Morgan fingerprint density at radius 3 is 2.54 bits per heavy atom. The number of hydrogen-bond acceptors (Lipinski definition) is 0. The first-order valence-electron chi connectivity index (χ1n) is 4.74. The zero-order valence-corrected chi connectivity index (χ0v) is 9.56. The summed E-state index contributed by atoms with van der Waals surface area (Å²) in [6, 6.07) is 13.2. The van der Waals surface area contributed by atoms with E-state index >= 15 is 0 Å². The minimum absolute atomic E-state index is 0.823. The van der Waals surface area contributed by atoms with Gasteiger partial charge < -0.3 is 0 Å². The molecule has 1 aromatic rings.